The highest BCUT2D eigenvalue weighted by Gasteiger charge is 2.27. The monoisotopic (exact) mass is 270 g/mol. The Morgan fingerprint density at radius 1 is 0.950 bits per heavy atom. The van der Waals surface area contributed by atoms with Gasteiger partial charge < -0.3 is 5.73 Å². The lowest BCUT2D eigenvalue weighted by molar-refractivity contribution is 0.386. The highest BCUT2D eigenvalue weighted by atomic mass is 19.1. The lowest BCUT2D eigenvalue weighted by Crippen LogP contribution is -2.16. The molecule has 2 atom stereocenters. The van der Waals surface area contributed by atoms with Crippen molar-refractivity contribution in [1.29, 1.82) is 0 Å². The van der Waals surface area contributed by atoms with E-state index in [9.17, 15) is 4.39 Å². The number of hydrogen-bond donors (Lipinski definition) is 1. The summed E-state index contributed by atoms with van der Waals surface area (Å²) in [7, 11) is 0. The maximum atomic E-state index is 13.1. The van der Waals surface area contributed by atoms with Gasteiger partial charge in [0.25, 0.3) is 0 Å². The van der Waals surface area contributed by atoms with Crippen LogP contribution in [0.15, 0.2) is 42.6 Å². The Balaban J connectivity index is 1.93. The average molecular weight is 270 g/mol. The smallest absolute Gasteiger partial charge is 0.123 e. The minimum Gasteiger partial charge on any atom is -0.384 e. The first-order chi connectivity index (χ1) is 9.74. The summed E-state index contributed by atoms with van der Waals surface area (Å²) in [6, 6.07) is 11.0. The molecule has 1 fully saturated rings. The quantitative estimate of drug-likeness (QED) is 0.886. The van der Waals surface area contributed by atoms with Gasteiger partial charge >= 0.3 is 0 Å². The number of halogens is 1. The molecular weight excluding hydrogens is 251 g/mol. The number of benzene rings is 1. The van der Waals surface area contributed by atoms with Gasteiger partial charge in [-0.1, -0.05) is 25.0 Å². The third-order valence-electron chi connectivity index (χ3n) is 4.30. The molecule has 0 amide bonds. The highest BCUT2D eigenvalue weighted by molar-refractivity contribution is 5.36. The predicted octanol–water partition coefficient (Wildman–Crippen LogP) is 4.24. The third-order valence-corrected chi connectivity index (χ3v) is 4.30. The van der Waals surface area contributed by atoms with Crippen molar-refractivity contribution in [2.75, 3.05) is 5.73 Å². The van der Waals surface area contributed by atoms with Crippen LogP contribution in [-0.2, 0) is 0 Å². The number of aromatic nitrogens is 1. The first-order valence-electron chi connectivity index (χ1n) is 7.21. The predicted molar refractivity (Wildman–Crippen MR) is 79.0 cm³/mol. The molecule has 1 saturated carbocycles. The molecule has 2 nitrogen and oxygen atoms in total. The van der Waals surface area contributed by atoms with Gasteiger partial charge in [0.1, 0.15) is 11.6 Å². The van der Waals surface area contributed by atoms with Crippen molar-refractivity contribution in [2.24, 2.45) is 0 Å². The van der Waals surface area contributed by atoms with Crippen molar-refractivity contribution in [1.82, 2.24) is 4.98 Å². The maximum absolute atomic E-state index is 13.1. The molecular formula is C17H19FN2. The first-order valence-corrected chi connectivity index (χ1v) is 7.21. The average Bonchev–Trinajstić information content (AvgIpc) is 2.48. The minimum absolute atomic E-state index is 0.172. The Bertz CT molecular complexity index is 580. The molecule has 2 unspecified atom stereocenters. The van der Waals surface area contributed by atoms with Gasteiger partial charge in [0.05, 0.1) is 0 Å². The molecule has 104 valence electrons. The lowest BCUT2D eigenvalue weighted by Gasteiger charge is -2.32. The fourth-order valence-electron chi connectivity index (χ4n) is 3.33. The molecule has 0 radical (unpaired) electrons. The number of anilines is 1. The summed E-state index contributed by atoms with van der Waals surface area (Å²) in [6.07, 6.45) is 6.56. The molecule has 2 N–H and O–H groups in total. The standard InChI is InChI=1S/C17H19FN2/c18-14-7-5-12(6-8-14)15-3-1-2-4-16(15)13-9-10-20-17(19)11-13/h5-11,15-16H,1-4H2,(H2,19,20). The number of hydrogen-bond acceptors (Lipinski definition) is 2. The molecule has 2 aromatic rings. The van der Waals surface area contributed by atoms with Gasteiger partial charge in [-0.3, -0.25) is 0 Å². The molecule has 0 saturated heterocycles. The van der Waals surface area contributed by atoms with Crippen LogP contribution in [0.25, 0.3) is 0 Å². The molecule has 3 heteroatoms. The molecule has 0 spiro atoms. The fourth-order valence-corrected chi connectivity index (χ4v) is 3.33. The Hall–Kier alpha value is -1.90. The van der Waals surface area contributed by atoms with Crippen molar-refractivity contribution in [3.63, 3.8) is 0 Å². The topological polar surface area (TPSA) is 38.9 Å². The molecule has 3 rings (SSSR count). The van der Waals surface area contributed by atoms with E-state index in [0.29, 0.717) is 17.7 Å². The second kappa shape index (κ2) is 5.61. The minimum atomic E-state index is -0.172. The van der Waals surface area contributed by atoms with Gasteiger partial charge in [-0.25, -0.2) is 9.37 Å². The summed E-state index contributed by atoms with van der Waals surface area (Å²) >= 11 is 0. The molecule has 0 bridgehead atoms. The van der Waals surface area contributed by atoms with Crippen LogP contribution < -0.4 is 5.73 Å². The van der Waals surface area contributed by atoms with Crippen LogP contribution in [0, 0.1) is 5.82 Å². The van der Waals surface area contributed by atoms with E-state index in [4.69, 9.17) is 5.73 Å². The van der Waals surface area contributed by atoms with Crippen molar-refractivity contribution < 1.29 is 4.39 Å². The number of nitrogens with two attached hydrogens (primary N) is 1. The second-order valence-corrected chi connectivity index (χ2v) is 5.56. The van der Waals surface area contributed by atoms with Crippen LogP contribution in [0.5, 0.6) is 0 Å². The van der Waals surface area contributed by atoms with Gasteiger partial charge in [0.2, 0.25) is 0 Å². The molecule has 1 heterocycles. The van der Waals surface area contributed by atoms with E-state index in [2.05, 4.69) is 11.1 Å². The van der Waals surface area contributed by atoms with Crippen molar-refractivity contribution in [2.45, 2.75) is 37.5 Å². The number of nitrogens with zero attached hydrogens (tertiary/aromatic N) is 1. The SMILES string of the molecule is Nc1cc(C2CCCCC2c2ccc(F)cc2)ccn1. The van der Waals surface area contributed by atoms with Crippen molar-refractivity contribution in [3.8, 4) is 0 Å². The van der Waals surface area contributed by atoms with Gasteiger partial charge in [-0.15, -0.1) is 0 Å². The summed E-state index contributed by atoms with van der Waals surface area (Å²) in [5.41, 5.74) is 8.29. The van der Waals surface area contributed by atoms with Gasteiger partial charge in [0, 0.05) is 6.20 Å². The second-order valence-electron chi connectivity index (χ2n) is 5.56. The van der Waals surface area contributed by atoms with E-state index < -0.39 is 0 Å². The number of rotatable bonds is 2. The summed E-state index contributed by atoms with van der Waals surface area (Å²) < 4.78 is 13.1. The van der Waals surface area contributed by atoms with E-state index >= 15 is 0 Å². The molecule has 0 aliphatic heterocycles. The lowest BCUT2D eigenvalue weighted by atomic mass is 9.72. The molecule has 1 aliphatic carbocycles. The Morgan fingerprint density at radius 3 is 2.25 bits per heavy atom. The maximum Gasteiger partial charge on any atom is 0.123 e. The molecule has 1 aliphatic rings. The van der Waals surface area contributed by atoms with Crippen LogP contribution in [0.1, 0.15) is 48.6 Å². The number of nitrogen functional groups attached to an aromatic ring is 1. The largest absolute Gasteiger partial charge is 0.384 e. The van der Waals surface area contributed by atoms with Gasteiger partial charge in [0.15, 0.2) is 0 Å². The van der Waals surface area contributed by atoms with E-state index in [1.165, 1.54) is 24.0 Å². The van der Waals surface area contributed by atoms with Crippen LogP contribution in [0.2, 0.25) is 0 Å². The van der Waals surface area contributed by atoms with Crippen LogP contribution in [-0.4, -0.2) is 4.98 Å². The Morgan fingerprint density at radius 2 is 1.60 bits per heavy atom. The zero-order valence-corrected chi connectivity index (χ0v) is 11.4. The van der Waals surface area contributed by atoms with E-state index in [-0.39, 0.29) is 5.82 Å². The summed E-state index contributed by atoms with van der Waals surface area (Å²) in [5.74, 6) is 1.31. The van der Waals surface area contributed by atoms with Crippen molar-refractivity contribution >= 4 is 5.82 Å². The zero-order chi connectivity index (χ0) is 13.9. The zero-order valence-electron chi connectivity index (χ0n) is 11.4. The summed E-state index contributed by atoms with van der Waals surface area (Å²) in [5, 5.41) is 0. The van der Waals surface area contributed by atoms with Crippen molar-refractivity contribution in [3.05, 3.63) is 59.5 Å². The normalized spacial score (nSPS) is 22.6. The van der Waals surface area contributed by atoms with Crippen LogP contribution in [0.4, 0.5) is 10.2 Å². The van der Waals surface area contributed by atoms with Crippen LogP contribution >= 0.6 is 0 Å². The molecule has 20 heavy (non-hydrogen) atoms. The first kappa shape index (κ1) is 13.1. The van der Waals surface area contributed by atoms with E-state index in [1.807, 2.05) is 18.2 Å². The summed E-state index contributed by atoms with van der Waals surface area (Å²) in [4.78, 5) is 4.07. The molecule has 1 aromatic carbocycles. The highest BCUT2D eigenvalue weighted by Crippen LogP contribution is 2.44. The van der Waals surface area contributed by atoms with Gasteiger partial charge in [-0.05, 0) is 60.1 Å². The van der Waals surface area contributed by atoms with Crippen LogP contribution in [0.3, 0.4) is 0 Å². The third kappa shape index (κ3) is 2.67. The Kier molecular flexibility index (Phi) is 3.68. The van der Waals surface area contributed by atoms with Gasteiger partial charge in [-0.2, -0.15) is 0 Å². The van der Waals surface area contributed by atoms with E-state index in [1.54, 1.807) is 18.3 Å². The fraction of sp³-hybridized carbons (Fsp3) is 0.353. The van der Waals surface area contributed by atoms with E-state index in [0.717, 1.165) is 12.8 Å². The molecule has 1 aromatic heterocycles. The Labute approximate surface area is 118 Å². The summed E-state index contributed by atoms with van der Waals surface area (Å²) in [6.45, 7) is 0. The number of pyridine rings is 1.